The lowest BCUT2D eigenvalue weighted by Crippen LogP contribution is -2.79. The molecule has 1 amide bonds. The number of hydrogen-bond acceptors (Lipinski definition) is 8. The van der Waals surface area contributed by atoms with Crippen molar-refractivity contribution >= 4 is 28.2 Å². The molecule has 0 aliphatic heterocycles. The normalized spacial score (nSPS) is 33.6. The van der Waals surface area contributed by atoms with Gasteiger partial charge in [0, 0.05) is 18.0 Å². The number of phenols is 1. The Kier molecular flexibility index (Phi) is 7.95. The molecule has 47 heavy (non-hydrogen) atoms. The number of nitrogens with one attached hydrogen (secondary N) is 1. The molecular formula is C38H46N2O7. The summed E-state index contributed by atoms with van der Waals surface area (Å²) in [6.45, 7) is 12.1. The van der Waals surface area contributed by atoms with Crippen LogP contribution in [0.5, 0.6) is 5.75 Å². The van der Waals surface area contributed by atoms with E-state index in [1.807, 2.05) is 51.1 Å². The predicted octanol–water partition coefficient (Wildman–Crippen LogP) is 3.89. The maximum absolute atomic E-state index is 14.6. The zero-order chi connectivity index (χ0) is 34.4. The van der Waals surface area contributed by atoms with Gasteiger partial charge in [-0.2, -0.15) is 0 Å². The molecule has 2 fully saturated rings. The Morgan fingerprint density at radius 2 is 1.62 bits per heavy atom. The second-order valence-corrected chi connectivity index (χ2v) is 15.3. The number of phenolic OH excluding ortho intramolecular Hbond substituents is 1. The monoisotopic (exact) mass is 642 g/mol. The number of aliphatic hydroxyl groups is 3. The number of carbonyl (C=O) groups is 3. The number of carbonyl (C=O) groups excluding carboxylic acids is 3. The fraction of sp³-hybridized carbons (Fsp3) is 0.500. The second-order valence-electron chi connectivity index (χ2n) is 15.3. The Bertz CT molecular complexity index is 1800. The summed E-state index contributed by atoms with van der Waals surface area (Å²) in [7, 11) is 0. The van der Waals surface area contributed by atoms with Crippen molar-refractivity contribution in [3.8, 4) is 16.9 Å². The van der Waals surface area contributed by atoms with Gasteiger partial charge in [-0.15, -0.1) is 0 Å². The van der Waals surface area contributed by atoms with Gasteiger partial charge in [0.15, 0.2) is 17.2 Å². The Hall–Kier alpha value is -3.63. The topological polar surface area (TPSA) is 170 Å². The van der Waals surface area contributed by atoms with Crippen molar-refractivity contribution in [3.05, 3.63) is 65.2 Å². The van der Waals surface area contributed by atoms with Crippen molar-refractivity contribution in [2.75, 3.05) is 0 Å². The van der Waals surface area contributed by atoms with Crippen molar-refractivity contribution in [1.82, 2.24) is 5.32 Å². The predicted molar refractivity (Wildman–Crippen MR) is 178 cm³/mol. The van der Waals surface area contributed by atoms with Crippen LogP contribution in [0.15, 0.2) is 48.5 Å². The summed E-state index contributed by atoms with van der Waals surface area (Å²) in [5.41, 5.74) is 4.13. The molecule has 0 aromatic heterocycles. The number of nitrogens with two attached hydrogens (primary N) is 1. The van der Waals surface area contributed by atoms with E-state index in [2.05, 4.69) is 31.3 Å². The maximum Gasteiger partial charge on any atom is 0.230 e. The fourth-order valence-corrected chi connectivity index (χ4v) is 9.85. The number of primary amides is 1. The van der Waals surface area contributed by atoms with Gasteiger partial charge in [0.05, 0.1) is 17.6 Å². The molecule has 250 valence electrons. The Balaban J connectivity index is 1.54. The van der Waals surface area contributed by atoms with E-state index >= 15 is 0 Å². The maximum atomic E-state index is 14.6. The van der Waals surface area contributed by atoms with Gasteiger partial charge in [0.25, 0.3) is 0 Å². The van der Waals surface area contributed by atoms with Crippen LogP contribution in [0.3, 0.4) is 0 Å². The molecule has 2 unspecified atom stereocenters. The lowest BCUT2D eigenvalue weighted by atomic mass is 9.39. The zero-order valence-corrected chi connectivity index (χ0v) is 27.9. The highest BCUT2D eigenvalue weighted by Crippen LogP contribution is 2.66. The number of benzene rings is 3. The lowest BCUT2D eigenvalue weighted by Gasteiger charge is -2.66. The van der Waals surface area contributed by atoms with Crippen LogP contribution in [0.4, 0.5) is 0 Å². The van der Waals surface area contributed by atoms with Crippen molar-refractivity contribution in [2.24, 2.45) is 40.2 Å². The third kappa shape index (κ3) is 4.61. The zero-order valence-electron chi connectivity index (χ0n) is 27.9. The third-order valence-electron chi connectivity index (χ3n) is 11.7. The minimum atomic E-state index is -2.54. The summed E-state index contributed by atoms with van der Waals surface area (Å²) in [6.07, 6.45) is -3.04. The molecule has 0 spiro atoms. The molecule has 8 atom stereocenters. The average Bonchev–Trinajstić information content (AvgIpc) is 2.97. The molecule has 2 saturated carbocycles. The first-order chi connectivity index (χ1) is 22.0. The smallest absolute Gasteiger partial charge is 0.230 e. The number of amides is 1. The summed E-state index contributed by atoms with van der Waals surface area (Å²) in [6, 6.07) is 15.8. The largest absolute Gasteiger partial charge is 0.507 e. The number of aliphatic hydroxyl groups excluding tert-OH is 2. The number of hydrogen-bond donors (Lipinski definition) is 6. The number of aromatic hydroxyl groups is 1. The first-order valence-corrected chi connectivity index (χ1v) is 16.5. The summed E-state index contributed by atoms with van der Waals surface area (Å²) < 4.78 is 0. The summed E-state index contributed by atoms with van der Waals surface area (Å²) in [5.74, 6) is -7.10. The number of fused-ring (bicyclic) bond motifs is 4. The van der Waals surface area contributed by atoms with Gasteiger partial charge in [0.1, 0.15) is 17.8 Å². The molecule has 0 bridgehead atoms. The van der Waals surface area contributed by atoms with Crippen molar-refractivity contribution in [1.29, 1.82) is 0 Å². The van der Waals surface area contributed by atoms with E-state index in [1.54, 1.807) is 6.92 Å². The van der Waals surface area contributed by atoms with Crippen LogP contribution in [-0.4, -0.2) is 61.8 Å². The van der Waals surface area contributed by atoms with E-state index in [0.29, 0.717) is 18.2 Å². The van der Waals surface area contributed by atoms with Crippen molar-refractivity contribution in [3.63, 3.8) is 0 Å². The third-order valence-corrected chi connectivity index (χ3v) is 11.7. The van der Waals surface area contributed by atoms with Crippen LogP contribution in [0.2, 0.25) is 0 Å². The molecule has 6 rings (SSSR count). The molecule has 3 aliphatic carbocycles. The molecule has 0 radical (unpaired) electrons. The van der Waals surface area contributed by atoms with E-state index in [9.17, 15) is 34.8 Å². The van der Waals surface area contributed by atoms with Crippen LogP contribution in [0, 0.1) is 34.5 Å². The molecule has 9 nitrogen and oxygen atoms in total. The van der Waals surface area contributed by atoms with Gasteiger partial charge >= 0.3 is 0 Å². The molecule has 9 heteroatoms. The first-order valence-electron chi connectivity index (χ1n) is 16.5. The van der Waals surface area contributed by atoms with E-state index in [-0.39, 0.29) is 30.1 Å². The first kappa shape index (κ1) is 33.3. The summed E-state index contributed by atoms with van der Waals surface area (Å²) in [5, 5.41) is 52.6. The number of rotatable bonds is 6. The highest BCUT2D eigenvalue weighted by molar-refractivity contribution is 6.10. The number of ketones is 2. The van der Waals surface area contributed by atoms with Gasteiger partial charge in [-0.05, 0) is 69.2 Å². The molecule has 7 N–H and O–H groups in total. The van der Waals surface area contributed by atoms with Crippen LogP contribution < -0.4 is 11.1 Å². The fourth-order valence-electron chi connectivity index (χ4n) is 9.85. The molecule has 3 aromatic rings. The van der Waals surface area contributed by atoms with E-state index < -0.39 is 63.9 Å². The molecule has 0 saturated heterocycles. The van der Waals surface area contributed by atoms with Gasteiger partial charge in [-0.3, -0.25) is 14.4 Å². The highest BCUT2D eigenvalue weighted by Gasteiger charge is 2.75. The Morgan fingerprint density at radius 3 is 2.23 bits per heavy atom. The van der Waals surface area contributed by atoms with E-state index in [1.165, 1.54) is 6.07 Å². The van der Waals surface area contributed by atoms with Crippen LogP contribution in [0.25, 0.3) is 21.9 Å². The van der Waals surface area contributed by atoms with Gasteiger partial charge in [-0.25, -0.2) is 0 Å². The van der Waals surface area contributed by atoms with E-state index in [0.717, 1.165) is 27.5 Å². The van der Waals surface area contributed by atoms with Crippen molar-refractivity contribution < 1.29 is 34.8 Å². The molecular weight excluding hydrogens is 596 g/mol. The quantitative estimate of drug-likeness (QED) is 0.220. The Labute approximate surface area is 275 Å². The van der Waals surface area contributed by atoms with Crippen LogP contribution in [0.1, 0.15) is 69.4 Å². The lowest BCUT2D eigenvalue weighted by molar-refractivity contribution is -0.265. The van der Waals surface area contributed by atoms with Gasteiger partial charge in [-0.1, -0.05) is 84.0 Å². The minimum Gasteiger partial charge on any atom is -0.507 e. The number of Topliss-reactive ketones (excluding diaryl/α,β-unsaturated/α-hetero) is 2. The van der Waals surface area contributed by atoms with Crippen LogP contribution >= 0.6 is 0 Å². The van der Waals surface area contributed by atoms with Gasteiger partial charge in [0.2, 0.25) is 5.91 Å². The van der Waals surface area contributed by atoms with Crippen LogP contribution in [-0.2, 0) is 22.6 Å². The molecule has 3 aliphatic rings. The SMILES string of the molecule is CC(C)NCc1ccc(-c2ccc(O)c3c2C[C@]2(C)C[C@]4(C)[C@@H](C(C)C)C(O)[C@@H](C(N)=O)C(=O)[C@]4(O)C(O)[C@H]2C3=O)c2ccccc12. The van der Waals surface area contributed by atoms with E-state index in [4.69, 9.17) is 5.73 Å². The molecule has 3 aromatic carbocycles. The second kappa shape index (κ2) is 11.2. The minimum absolute atomic E-state index is 0.0565. The highest BCUT2D eigenvalue weighted by atomic mass is 16.4. The summed E-state index contributed by atoms with van der Waals surface area (Å²) >= 11 is 0. The molecule has 0 heterocycles. The van der Waals surface area contributed by atoms with Crippen molar-refractivity contribution in [2.45, 2.75) is 84.8 Å². The summed E-state index contributed by atoms with van der Waals surface area (Å²) in [4.78, 5) is 41.0. The van der Waals surface area contributed by atoms with Gasteiger partial charge < -0.3 is 31.5 Å². The Morgan fingerprint density at radius 1 is 0.979 bits per heavy atom. The average molecular weight is 643 g/mol. The standard InChI is InChI=1S/C38H46N2O7/c1-18(2)29-32(43)28(35(39)46)33(44)38(47)34(45)30-31(42)27-25(15-36(30,5)17-37(29,38)6)24(13-14-26(27)41)23-12-11-20(16-40-19(3)4)21-9-7-8-10-22(21)23/h7-14,18-19,28-30,32,34,40-41,43,45,47H,15-17H2,1-6H3,(H2,39,46)/t28-,29+,30-,32?,34?,36-,37-,38+/m1/s1.